The molecule has 2 aromatic heterocycles. The number of fused-ring (bicyclic) bond motifs is 1. The predicted molar refractivity (Wildman–Crippen MR) is 96.0 cm³/mol. The van der Waals surface area contributed by atoms with Crippen molar-refractivity contribution < 1.29 is 9.26 Å². The van der Waals surface area contributed by atoms with Gasteiger partial charge in [-0.15, -0.1) is 0 Å². The minimum absolute atomic E-state index is 0.405. The van der Waals surface area contributed by atoms with Crippen LogP contribution in [-0.2, 0) is 6.42 Å². The van der Waals surface area contributed by atoms with Crippen molar-refractivity contribution in [2.45, 2.75) is 40.0 Å². The minimum atomic E-state index is 0.405. The number of halogens is 1. The van der Waals surface area contributed by atoms with Crippen LogP contribution in [0, 0.1) is 13.8 Å². The Balaban J connectivity index is 1.86. The third-order valence-electron chi connectivity index (χ3n) is 4.27. The average Bonchev–Trinajstić information content (AvgIpc) is 2.86. The van der Waals surface area contributed by atoms with Gasteiger partial charge in [0.25, 0.3) is 0 Å². The molecule has 2 heterocycles. The molecule has 0 saturated heterocycles. The van der Waals surface area contributed by atoms with Crippen LogP contribution in [0.5, 0.6) is 5.75 Å². The van der Waals surface area contributed by atoms with Crippen LogP contribution >= 0.6 is 11.6 Å². The number of hydrogen-bond acceptors (Lipinski definition) is 4. The Morgan fingerprint density at radius 1 is 1.21 bits per heavy atom. The normalized spacial score (nSPS) is 11.4. The molecule has 5 heteroatoms. The molecule has 0 radical (unpaired) electrons. The van der Waals surface area contributed by atoms with E-state index in [4.69, 9.17) is 20.9 Å². The fraction of sp³-hybridized carbons (Fsp3) is 0.368. The molecule has 0 spiro atoms. The Kier molecular flexibility index (Phi) is 4.76. The molecule has 0 N–H and O–H groups in total. The van der Waals surface area contributed by atoms with Crippen molar-refractivity contribution in [2.75, 3.05) is 6.61 Å². The van der Waals surface area contributed by atoms with Crippen LogP contribution in [0.4, 0.5) is 0 Å². The number of aryl methyl sites for hydroxylation is 2. The van der Waals surface area contributed by atoms with E-state index in [1.165, 1.54) is 5.56 Å². The van der Waals surface area contributed by atoms with Gasteiger partial charge in [0.1, 0.15) is 16.7 Å². The summed E-state index contributed by atoms with van der Waals surface area (Å²) in [5, 5.41) is 6.56. The number of nitrogens with zero attached hydrogens (tertiary/aromatic N) is 2. The lowest BCUT2D eigenvalue weighted by molar-refractivity contribution is 0.324. The monoisotopic (exact) mass is 344 g/mol. The van der Waals surface area contributed by atoms with Crippen molar-refractivity contribution in [1.29, 1.82) is 0 Å². The van der Waals surface area contributed by atoms with E-state index >= 15 is 0 Å². The maximum Gasteiger partial charge on any atom is 0.137 e. The molecule has 0 bridgehead atoms. The molecule has 0 aliphatic heterocycles. The van der Waals surface area contributed by atoms with E-state index in [0.29, 0.717) is 17.7 Å². The first-order chi connectivity index (χ1) is 11.5. The Bertz CT molecular complexity index is 852. The summed E-state index contributed by atoms with van der Waals surface area (Å²) in [5.41, 5.74) is 3.27. The van der Waals surface area contributed by atoms with Gasteiger partial charge in [0.05, 0.1) is 12.3 Å². The SMILES string of the molecule is Cc1noc(C)c1CCOc1ccc(C(C)C)c2cc(Cl)ncc12. The number of rotatable bonds is 5. The summed E-state index contributed by atoms with van der Waals surface area (Å²) in [4.78, 5) is 4.22. The Labute approximate surface area is 146 Å². The van der Waals surface area contributed by atoms with E-state index in [0.717, 1.165) is 40.0 Å². The van der Waals surface area contributed by atoms with Gasteiger partial charge in [0.2, 0.25) is 0 Å². The van der Waals surface area contributed by atoms with E-state index in [9.17, 15) is 0 Å². The molecule has 24 heavy (non-hydrogen) atoms. The van der Waals surface area contributed by atoms with E-state index < -0.39 is 0 Å². The van der Waals surface area contributed by atoms with Gasteiger partial charge in [-0.25, -0.2) is 4.98 Å². The molecule has 0 aliphatic carbocycles. The summed E-state index contributed by atoms with van der Waals surface area (Å²) in [6.07, 6.45) is 2.55. The standard InChI is InChI=1S/C19H21ClN2O2/c1-11(2)14-5-6-18(17-10-21-19(20)9-16(14)17)23-8-7-15-12(3)22-24-13(15)4/h5-6,9-11H,7-8H2,1-4H3. The third kappa shape index (κ3) is 3.24. The summed E-state index contributed by atoms with van der Waals surface area (Å²) < 4.78 is 11.2. The van der Waals surface area contributed by atoms with Crippen molar-refractivity contribution >= 4 is 22.4 Å². The first-order valence-electron chi connectivity index (χ1n) is 8.10. The number of hydrogen-bond donors (Lipinski definition) is 0. The maximum atomic E-state index is 6.09. The van der Waals surface area contributed by atoms with Gasteiger partial charge < -0.3 is 9.26 Å². The van der Waals surface area contributed by atoms with E-state index in [2.05, 4.69) is 30.1 Å². The zero-order chi connectivity index (χ0) is 17.3. The van der Waals surface area contributed by atoms with E-state index in [1.807, 2.05) is 26.0 Å². The maximum absolute atomic E-state index is 6.09. The molecule has 0 saturated carbocycles. The van der Waals surface area contributed by atoms with Crippen molar-refractivity contribution in [3.63, 3.8) is 0 Å². The molecule has 0 aliphatic rings. The number of benzene rings is 1. The molecule has 0 atom stereocenters. The highest BCUT2D eigenvalue weighted by Crippen LogP contribution is 2.33. The second kappa shape index (κ2) is 6.81. The Hall–Kier alpha value is -2.07. The third-order valence-corrected chi connectivity index (χ3v) is 4.48. The number of ether oxygens (including phenoxy) is 1. The summed E-state index contributed by atoms with van der Waals surface area (Å²) in [7, 11) is 0. The summed E-state index contributed by atoms with van der Waals surface area (Å²) >= 11 is 6.09. The lowest BCUT2D eigenvalue weighted by Crippen LogP contribution is -2.04. The molecule has 3 rings (SSSR count). The lowest BCUT2D eigenvalue weighted by atomic mass is 9.97. The van der Waals surface area contributed by atoms with Crippen LogP contribution in [-0.4, -0.2) is 16.7 Å². The van der Waals surface area contributed by atoms with E-state index in [1.54, 1.807) is 6.20 Å². The van der Waals surface area contributed by atoms with Crippen LogP contribution < -0.4 is 4.74 Å². The largest absolute Gasteiger partial charge is 0.493 e. The summed E-state index contributed by atoms with van der Waals surface area (Å²) in [6.45, 7) is 8.77. The van der Waals surface area contributed by atoms with Gasteiger partial charge in [-0.2, -0.15) is 0 Å². The topological polar surface area (TPSA) is 48.2 Å². The average molecular weight is 345 g/mol. The van der Waals surface area contributed by atoms with Gasteiger partial charge in [-0.1, -0.05) is 36.7 Å². The van der Waals surface area contributed by atoms with Crippen molar-refractivity contribution in [3.8, 4) is 5.75 Å². The van der Waals surface area contributed by atoms with Crippen molar-refractivity contribution in [1.82, 2.24) is 10.1 Å². The van der Waals surface area contributed by atoms with Gasteiger partial charge in [-0.3, -0.25) is 0 Å². The Morgan fingerprint density at radius 2 is 2.00 bits per heavy atom. The van der Waals surface area contributed by atoms with Gasteiger partial charge in [0.15, 0.2) is 0 Å². The molecule has 0 fully saturated rings. The van der Waals surface area contributed by atoms with Crippen LogP contribution in [0.1, 0.15) is 42.3 Å². The first kappa shape index (κ1) is 16.8. The zero-order valence-electron chi connectivity index (χ0n) is 14.4. The van der Waals surface area contributed by atoms with Crippen LogP contribution in [0.15, 0.2) is 28.9 Å². The van der Waals surface area contributed by atoms with Crippen LogP contribution in [0.2, 0.25) is 5.15 Å². The van der Waals surface area contributed by atoms with Crippen LogP contribution in [0.3, 0.4) is 0 Å². The fourth-order valence-corrected chi connectivity index (χ4v) is 3.12. The second-order valence-corrected chi connectivity index (χ2v) is 6.65. The van der Waals surface area contributed by atoms with Crippen molar-refractivity contribution in [3.05, 3.63) is 52.1 Å². The second-order valence-electron chi connectivity index (χ2n) is 6.26. The molecule has 3 aromatic rings. The highest BCUT2D eigenvalue weighted by atomic mass is 35.5. The lowest BCUT2D eigenvalue weighted by Gasteiger charge is -2.14. The van der Waals surface area contributed by atoms with Gasteiger partial charge >= 0.3 is 0 Å². The minimum Gasteiger partial charge on any atom is -0.493 e. The highest BCUT2D eigenvalue weighted by molar-refractivity contribution is 6.30. The first-order valence-corrected chi connectivity index (χ1v) is 8.48. The smallest absolute Gasteiger partial charge is 0.137 e. The number of aromatic nitrogens is 2. The summed E-state index contributed by atoms with van der Waals surface area (Å²) in [5.74, 6) is 2.08. The molecule has 1 aromatic carbocycles. The van der Waals surface area contributed by atoms with E-state index in [-0.39, 0.29) is 0 Å². The molecular formula is C19H21ClN2O2. The zero-order valence-corrected chi connectivity index (χ0v) is 15.1. The molecular weight excluding hydrogens is 324 g/mol. The van der Waals surface area contributed by atoms with Crippen molar-refractivity contribution in [2.24, 2.45) is 0 Å². The highest BCUT2D eigenvalue weighted by Gasteiger charge is 2.12. The van der Waals surface area contributed by atoms with Crippen LogP contribution in [0.25, 0.3) is 10.8 Å². The molecule has 0 amide bonds. The molecule has 4 nitrogen and oxygen atoms in total. The Morgan fingerprint density at radius 3 is 2.67 bits per heavy atom. The fourth-order valence-electron chi connectivity index (χ4n) is 2.96. The summed E-state index contributed by atoms with van der Waals surface area (Å²) in [6, 6.07) is 6.03. The number of pyridine rings is 1. The quantitative estimate of drug-likeness (QED) is 0.594. The van der Waals surface area contributed by atoms with Gasteiger partial charge in [0, 0.05) is 23.6 Å². The predicted octanol–water partition coefficient (Wildman–Crippen LogP) is 5.24. The van der Waals surface area contributed by atoms with Gasteiger partial charge in [-0.05, 0) is 42.8 Å². The molecule has 0 unspecified atom stereocenters. The molecule has 126 valence electrons.